The van der Waals surface area contributed by atoms with Gasteiger partial charge in [0.2, 0.25) is 0 Å². The summed E-state index contributed by atoms with van der Waals surface area (Å²) in [7, 11) is 1.51. The van der Waals surface area contributed by atoms with Crippen LogP contribution >= 0.6 is 0 Å². The number of benzene rings is 1. The summed E-state index contributed by atoms with van der Waals surface area (Å²) in [5, 5.41) is 2.80. The van der Waals surface area contributed by atoms with Crippen molar-refractivity contribution in [3.63, 3.8) is 0 Å². The second-order valence-electron chi connectivity index (χ2n) is 4.24. The molecule has 1 rings (SSSR count). The maximum absolute atomic E-state index is 11.9. The average Bonchev–Trinajstić information content (AvgIpc) is 2.23. The molecule has 0 aliphatic heterocycles. The van der Waals surface area contributed by atoms with Crippen molar-refractivity contribution in [3.05, 3.63) is 23.8 Å². The van der Waals surface area contributed by atoms with Gasteiger partial charge < -0.3 is 15.8 Å². The quantitative estimate of drug-likeness (QED) is 0.768. The first-order valence-corrected chi connectivity index (χ1v) is 5.09. The van der Waals surface area contributed by atoms with Crippen molar-refractivity contribution in [1.29, 1.82) is 0 Å². The van der Waals surface area contributed by atoms with E-state index in [-0.39, 0.29) is 5.91 Å². The normalized spacial score (nSPS) is 11.2. The van der Waals surface area contributed by atoms with Crippen LogP contribution in [-0.2, 0) is 9.53 Å². The molecular formula is C12H18N2O2. The molecule has 0 aromatic heterocycles. The number of carbonyl (C=O) groups is 1. The molecule has 0 unspecified atom stereocenters. The fraction of sp³-hybridized carbons (Fsp3) is 0.417. The van der Waals surface area contributed by atoms with Gasteiger partial charge in [0, 0.05) is 18.5 Å². The number of carbonyl (C=O) groups excluding carboxylic acids is 1. The van der Waals surface area contributed by atoms with Crippen LogP contribution < -0.4 is 11.1 Å². The van der Waals surface area contributed by atoms with Crippen LogP contribution in [0.4, 0.5) is 11.4 Å². The summed E-state index contributed by atoms with van der Waals surface area (Å²) < 4.78 is 5.10. The van der Waals surface area contributed by atoms with Gasteiger partial charge in [-0.1, -0.05) is 6.07 Å². The number of rotatable bonds is 3. The molecule has 4 nitrogen and oxygen atoms in total. The van der Waals surface area contributed by atoms with Gasteiger partial charge in [-0.2, -0.15) is 0 Å². The Bertz CT molecular complexity index is 400. The third-order valence-electron chi connectivity index (χ3n) is 2.57. The van der Waals surface area contributed by atoms with E-state index >= 15 is 0 Å². The number of hydrogen-bond donors (Lipinski definition) is 2. The highest BCUT2D eigenvalue weighted by Gasteiger charge is 2.27. The van der Waals surface area contributed by atoms with Gasteiger partial charge in [-0.3, -0.25) is 4.79 Å². The molecule has 0 radical (unpaired) electrons. The van der Waals surface area contributed by atoms with Crippen molar-refractivity contribution < 1.29 is 9.53 Å². The number of anilines is 2. The Morgan fingerprint density at radius 3 is 2.62 bits per heavy atom. The average molecular weight is 222 g/mol. The van der Waals surface area contributed by atoms with Gasteiger partial charge in [-0.25, -0.2) is 0 Å². The Morgan fingerprint density at radius 1 is 1.44 bits per heavy atom. The third kappa shape index (κ3) is 2.73. The van der Waals surface area contributed by atoms with Gasteiger partial charge in [0.05, 0.1) is 0 Å². The highest BCUT2D eigenvalue weighted by Crippen LogP contribution is 2.20. The number of aryl methyl sites for hydroxylation is 1. The molecular weight excluding hydrogens is 204 g/mol. The second kappa shape index (κ2) is 4.53. The van der Waals surface area contributed by atoms with Gasteiger partial charge in [0.15, 0.2) is 0 Å². The summed E-state index contributed by atoms with van der Waals surface area (Å²) in [6.45, 7) is 5.34. The lowest BCUT2D eigenvalue weighted by Gasteiger charge is -2.22. The first-order valence-electron chi connectivity index (χ1n) is 5.09. The lowest BCUT2D eigenvalue weighted by Crippen LogP contribution is -2.38. The van der Waals surface area contributed by atoms with E-state index in [1.807, 2.05) is 13.0 Å². The molecule has 1 aromatic carbocycles. The Hall–Kier alpha value is -1.55. The predicted molar refractivity (Wildman–Crippen MR) is 65.3 cm³/mol. The van der Waals surface area contributed by atoms with Gasteiger partial charge in [-0.15, -0.1) is 0 Å². The number of ether oxygens (including phenoxy) is 1. The molecule has 0 spiro atoms. The van der Waals surface area contributed by atoms with Crippen LogP contribution in [-0.4, -0.2) is 18.6 Å². The van der Waals surface area contributed by atoms with E-state index < -0.39 is 5.60 Å². The maximum atomic E-state index is 11.9. The molecule has 16 heavy (non-hydrogen) atoms. The van der Waals surface area contributed by atoms with Crippen LogP contribution in [0.25, 0.3) is 0 Å². The first kappa shape index (κ1) is 12.5. The van der Waals surface area contributed by atoms with E-state index in [0.29, 0.717) is 5.69 Å². The molecule has 0 atom stereocenters. The van der Waals surface area contributed by atoms with Crippen LogP contribution in [0, 0.1) is 6.92 Å². The Kier molecular flexibility index (Phi) is 3.55. The molecule has 1 amide bonds. The number of methoxy groups -OCH3 is 1. The second-order valence-corrected chi connectivity index (χ2v) is 4.24. The molecule has 88 valence electrons. The van der Waals surface area contributed by atoms with E-state index in [2.05, 4.69) is 5.32 Å². The summed E-state index contributed by atoms with van der Waals surface area (Å²) in [5.74, 6) is -0.191. The van der Waals surface area contributed by atoms with E-state index in [4.69, 9.17) is 10.5 Å². The maximum Gasteiger partial charge on any atom is 0.256 e. The molecule has 0 saturated heterocycles. The topological polar surface area (TPSA) is 64.3 Å². The smallest absolute Gasteiger partial charge is 0.256 e. The molecule has 0 aliphatic carbocycles. The first-order chi connectivity index (χ1) is 7.36. The lowest BCUT2D eigenvalue weighted by atomic mass is 10.1. The molecule has 4 heteroatoms. The molecule has 3 N–H and O–H groups in total. The van der Waals surface area contributed by atoms with Crippen LogP contribution in [0.2, 0.25) is 0 Å². The summed E-state index contributed by atoms with van der Waals surface area (Å²) in [6.07, 6.45) is 0. The summed E-state index contributed by atoms with van der Waals surface area (Å²) in [6, 6.07) is 5.40. The zero-order chi connectivity index (χ0) is 12.3. The zero-order valence-corrected chi connectivity index (χ0v) is 10.1. The van der Waals surface area contributed by atoms with E-state index in [0.717, 1.165) is 11.3 Å². The molecule has 0 fully saturated rings. The molecule has 0 bridgehead atoms. The van der Waals surface area contributed by atoms with Crippen molar-refractivity contribution in [1.82, 2.24) is 0 Å². The fourth-order valence-electron chi connectivity index (χ4n) is 1.14. The van der Waals surface area contributed by atoms with Crippen LogP contribution in [0.1, 0.15) is 19.4 Å². The van der Waals surface area contributed by atoms with Gasteiger partial charge in [0.25, 0.3) is 5.91 Å². The minimum atomic E-state index is -0.850. The van der Waals surface area contributed by atoms with E-state index in [1.165, 1.54) is 7.11 Å². The minimum Gasteiger partial charge on any atom is -0.399 e. The number of nitrogens with two attached hydrogens (primary N) is 1. The van der Waals surface area contributed by atoms with Crippen molar-refractivity contribution in [2.75, 3.05) is 18.2 Å². The van der Waals surface area contributed by atoms with Crippen molar-refractivity contribution >= 4 is 17.3 Å². The number of amides is 1. The van der Waals surface area contributed by atoms with E-state index in [1.54, 1.807) is 26.0 Å². The van der Waals surface area contributed by atoms with Gasteiger partial charge >= 0.3 is 0 Å². The van der Waals surface area contributed by atoms with Crippen molar-refractivity contribution in [2.24, 2.45) is 0 Å². The number of nitrogen functional groups attached to an aromatic ring is 1. The molecule has 0 heterocycles. The third-order valence-corrected chi connectivity index (χ3v) is 2.57. The number of hydrogen-bond acceptors (Lipinski definition) is 3. The Balaban J connectivity index is 2.89. The van der Waals surface area contributed by atoms with Crippen molar-refractivity contribution in [2.45, 2.75) is 26.4 Å². The van der Waals surface area contributed by atoms with Crippen LogP contribution in [0.15, 0.2) is 18.2 Å². The predicted octanol–water partition coefficient (Wildman–Crippen LogP) is 1.94. The summed E-state index contributed by atoms with van der Waals surface area (Å²) in [4.78, 5) is 11.9. The number of nitrogens with one attached hydrogen (secondary N) is 1. The van der Waals surface area contributed by atoms with Crippen LogP contribution in [0.3, 0.4) is 0 Å². The Labute approximate surface area is 95.8 Å². The molecule has 0 aliphatic rings. The fourth-order valence-corrected chi connectivity index (χ4v) is 1.14. The lowest BCUT2D eigenvalue weighted by molar-refractivity contribution is -0.133. The standard InChI is InChI=1S/C12H18N2O2/c1-8-5-6-9(13)7-10(8)14-11(15)12(2,3)16-4/h5-7H,13H2,1-4H3,(H,14,15). The summed E-state index contributed by atoms with van der Waals surface area (Å²) >= 11 is 0. The van der Waals surface area contributed by atoms with E-state index in [9.17, 15) is 4.79 Å². The molecule has 0 saturated carbocycles. The Morgan fingerprint density at radius 2 is 2.06 bits per heavy atom. The molecule has 1 aromatic rings. The monoisotopic (exact) mass is 222 g/mol. The highest BCUT2D eigenvalue weighted by atomic mass is 16.5. The SMILES string of the molecule is COC(C)(C)C(=O)Nc1cc(N)ccc1C. The van der Waals surface area contributed by atoms with Gasteiger partial charge in [-0.05, 0) is 38.5 Å². The highest BCUT2D eigenvalue weighted by molar-refractivity contribution is 5.97. The largest absolute Gasteiger partial charge is 0.399 e. The minimum absolute atomic E-state index is 0.191. The summed E-state index contributed by atoms with van der Waals surface area (Å²) in [5.41, 5.74) is 7.12. The van der Waals surface area contributed by atoms with Crippen LogP contribution in [0.5, 0.6) is 0 Å². The van der Waals surface area contributed by atoms with Crippen molar-refractivity contribution in [3.8, 4) is 0 Å². The van der Waals surface area contributed by atoms with Gasteiger partial charge in [0.1, 0.15) is 5.60 Å². The zero-order valence-electron chi connectivity index (χ0n) is 10.1.